The Hall–Kier alpha value is -1.40. The van der Waals surface area contributed by atoms with Crippen LogP contribution in [-0.2, 0) is 14.8 Å². The molecule has 1 aliphatic rings. The van der Waals surface area contributed by atoms with Crippen molar-refractivity contribution in [2.45, 2.75) is 44.0 Å². The van der Waals surface area contributed by atoms with E-state index >= 15 is 0 Å². The molecule has 0 spiro atoms. The zero-order valence-corrected chi connectivity index (χ0v) is 13.2. The van der Waals surface area contributed by atoms with Crippen LogP contribution in [0.4, 0.5) is 0 Å². The Morgan fingerprint density at radius 1 is 1.29 bits per heavy atom. The average molecular weight is 310 g/mol. The predicted molar refractivity (Wildman–Crippen MR) is 80.9 cm³/mol. The van der Waals surface area contributed by atoms with Crippen LogP contribution in [-0.4, -0.2) is 14.3 Å². The van der Waals surface area contributed by atoms with Crippen molar-refractivity contribution in [3.8, 4) is 0 Å². The molecule has 116 valence electrons. The molecule has 2 rings (SSSR count). The first kappa shape index (κ1) is 16.0. The Bertz CT molecular complexity index is 610. The van der Waals surface area contributed by atoms with Gasteiger partial charge in [0.15, 0.2) is 0 Å². The topological polar surface area (TPSA) is 89.3 Å². The molecule has 0 aromatic heterocycles. The van der Waals surface area contributed by atoms with Crippen molar-refractivity contribution in [3.05, 3.63) is 29.8 Å². The van der Waals surface area contributed by atoms with Gasteiger partial charge in [-0.15, -0.1) is 0 Å². The molecule has 6 heteroatoms. The van der Waals surface area contributed by atoms with Gasteiger partial charge in [0.05, 0.1) is 10.9 Å². The molecule has 1 saturated carbocycles. The van der Waals surface area contributed by atoms with E-state index in [0.29, 0.717) is 5.92 Å². The molecule has 0 aliphatic heterocycles. The standard InChI is InChI=1S/C15H22N2O3S/c1-10-4-3-5-14(10)15(18)17-11(2)12-6-8-13(9-7-12)21(16,19)20/h6-11,14H,3-5H2,1-2H3,(H,17,18)(H2,16,19,20). The van der Waals surface area contributed by atoms with Crippen molar-refractivity contribution in [2.24, 2.45) is 17.0 Å². The highest BCUT2D eigenvalue weighted by Gasteiger charge is 2.30. The maximum atomic E-state index is 12.2. The number of nitrogens with two attached hydrogens (primary N) is 1. The van der Waals surface area contributed by atoms with Gasteiger partial charge in [0.25, 0.3) is 0 Å². The van der Waals surface area contributed by atoms with Gasteiger partial charge in [0.1, 0.15) is 0 Å². The Kier molecular flexibility index (Phi) is 4.68. The third-order valence-corrected chi connectivity index (χ3v) is 5.19. The molecule has 3 atom stereocenters. The lowest BCUT2D eigenvalue weighted by molar-refractivity contribution is -0.126. The zero-order chi connectivity index (χ0) is 15.6. The monoisotopic (exact) mass is 310 g/mol. The summed E-state index contributed by atoms with van der Waals surface area (Å²) in [6.07, 6.45) is 3.16. The molecule has 21 heavy (non-hydrogen) atoms. The number of benzene rings is 1. The summed E-state index contributed by atoms with van der Waals surface area (Å²) >= 11 is 0. The van der Waals surface area contributed by atoms with Gasteiger partial charge >= 0.3 is 0 Å². The van der Waals surface area contributed by atoms with Crippen LogP contribution in [0.2, 0.25) is 0 Å². The highest BCUT2D eigenvalue weighted by Crippen LogP contribution is 2.31. The van der Waals surface area contributed by atoms with E-state index in [9.17, 15) is 13.2 Å². The zero-order valence-electron chi connectivity index (χ0n) is 12.4. The quantitative estimate of drug-likeness (QED) is 0.890. The van der Waals surface area contributed by atoms with Crippen molar-refractivity contribution in [1.29, 1.82) is 0 Å². The molecule has 1 aromatic carbocycles. The minimum absolute atomic E-state index is 0.0780. The normalized spacial score (nSPS) is 23.8. The van der Waals surface area contributed by atoms with Crippen LogP contribution >= 0.6 is 0 Å². The smallest absolute Gasteiger partial charge is 0.238 e. The summed E-state index contributed by atoms with van der Waals surface area (Å²) < 4.78 is 22.4. The molecule has 3 unspecified atom stereocenters. The predicted octanol–water partition coefficient (Wildman–Crippen LogP) is 1.95. The van der Waals surface area contributed by atoms with Crippen LogP contribution in [0.1, 0.15) is 44.7 Å². The van der Waals surface area contributed by atoms with E-state index in [1.165, 1.54) is 12.1 Å². The summed E-state index contributed by atoms with van der Waals surface area (Å²) in [5.41, 5.74) is 0.862. The second kappa shape index (κ2) is 6.15. The van der Waals surface area contributed by atoms with Crippen LogP contribution in [0.25, 0.3) is 0 Å². The van der Waals surface area contributed by atoms with Crippen LogP contribution in [0.3, 0.4) is 0 Å². The third kappa shape index (κ3) is 3.83. The fourth-order valence-electron chi connectivity index (χ4n) is 2.88. The summed E-state index contributed by atoms with van der Waals surface area (Å²) in [5.74, 6) is 0.612. The number of carbonyl (C=O) groups is 1. The largest absolute Gasteiger partial charge is 0.349 e. The third-order valence-electron chi connectivity index (χ3n) is 4.27. The van der Waals surface area contributed by atoms with Gasteiger partial charge in [-0.2, -0.15) is 0 Å². The first-order valence-corrected chi connectivity index (χ1v) is 8.77. The Labute approximate surface area is 126 Å². The van der Waals surface area contributed by atoms with E-state index < -0.39 is 10.0 Å². The van der Waals surface area contributed by atoms with Gasteiger partial charge in [-0.1, -0.05) is 25.5 Å². The summed E-state index contributed by atoms with van der Waals surface area (Å²) in [6.45, 7) is 4.01. The van der Waals surface area contributed by atoms with E-state index in [1.54, 1.807) is 12.1 Å². The van der Waals surface area contributed by atoms with Gasteiger partial charge in [-0.05, 0) is 43.4 Å². The van der Waals surface area contributed by atoms with Crippen LogP contribution in [0, 0.1) is 11.8 Å². The Balaban J connectivity index is 2.03. The molecule has 3 N–H and O–H groups in total. The number of hydrogen-bond donors (Lipinski definition) is 2. The lowest BCUT2D eigenvalue weighted by atomic mass is 9.96. The average Bonchev–Trinajstić information content (AvgIpc) is 2.84. The van der Waals surface area contributed by atoms with Crippen LogP contribution in [0.5, 0.6) is 0 Å². The molecule has 0 saturated heterocycles. The fourth-order valence-corrected chi connectivity index (χ4v) is 3.40. The lowest BCUT2D eigenvalue weighted by Gasteiger charge is -2.20. The maximum Gasteiger partial charge on any atom is 0.238 e. The van der Waals surface area contributed by atoms with Gasteiger partial charge in [0.2, 0.25) is 15.9 Å². The molecule has 0 radical (unpaired) electrons. The first-order chi connectivity index (χ1) is 9.79. The second-order valence-corrected chi connectivity index (χ2v) is 7.42. The van der Waals surface area contributed by atoms with E-state index in [2.05, 4.69) is 12.2 Å². The number of nitrogens with one attached hydrogen (secondary N) is 1. The second-order valence-electron chi connectivity index (χ2n) is 5.86. The van der Waals surface area contributed by atoms with E-state index in [-0.39, 0.29) is 22.8 Å². The van der Waals surface area contributed by atoms with Gasteiger partial charge in [-0.3, -0.25) is 4.79 Å². The minimum Gasteiger partial charge on any atom is -0.349 e. The molecule has 0 heterocycles. The van der Waals surface area contributed by atoms with Crippen molar-refractivity contribution in [2.75, 3.05) is 0 Å². The van der Waals surface area contributed by atoms with E-state index in [0.717, 1.165) is 24.8 Å². The van der Waals surface area contributed by atoms with Gasteiger partial charge in [0, 0.05) is 5.92 Å². The van der Waals surface area contributed by atoms with Crippen LogP contribution in [0.15, 0.2) is 29.2 Å². The number of carbonyl (C=O) groups excluding carboxylic acids is 1. The van der Waals surface area contributed by atoms with Crippen LogP contribution < -0.4 is 10.5 Å². The van der Waals surface area contributed by atoms with Gasteiger partial charge < -0.3 is 5.32 Å². The Morgan fingerprint density at radius 3 is 2.38 bits per heavy atom. The highest BCUT2D eigenvalue weighted by atomic mass is 32.2. The van der Waals surface area contributed by atoms with Crippen molar-refractivity contribution in [3.63, 3.8) is 0 Å². The van der Waals surface area contributed by atoms with E-state index in [1.807, 2.05) is 6.92 Å². The Morgan fingerprint density at radius 2 is 1.90 bits per heavy atom. The number of rotatable bonds is 4. The summed E-state index contributed by atoms with van der Waals surface area (Å²) in [7, 11) is -3.68. The number of amides is 1. The lowest BCUT2D eigenvalue weighted by Crippen LogP contribution is -2.33. The SMILES string of the molecule is CC(NC(=O)C1CCCC1C)c1ccc(S(N)(=O)=O)cc1. The molecular formula is C15H22N2O3S. The number of sulfonamides is 1. The minimum atomic E-state index is -3.68. The number of primary sulfonamides is 1. The molecule has 0 bridgehead atoms. The fraction of sp³-hybridized carbons (Fsp3) is 0.533. The molecule has 1 aliphatic carbocycles. The summed E-state index contributed by atoms with van der Waals surface area (Å²) in [6, 6.07) is 6.14. The number of hydrogen-bond acceptors (Lipinski definition) is 3. The molecule has 1 amide bonds. The molecular weight excluding hydrogens is 288 g/mol. The van der Waals surface area contributed by atoms with Crippen molar-refractivity contribution in [1.82, 2.24) is 5.32 Å². The molecule has 5 nitrogen and oxygen atoms in total. The first-order valence-electron chi connectivity index (χ1n) is 7.22. The maximum absolute atomic E-state index is 12.2. The molecule has 1 fully saturated rings. The summed E-state index contributed by atoms with van der Waals surface area (Å²) in [5, 5.41) is 8.07. The molecule has 1 aromatic rings. The van der Waals surface area contributed by atoms with Crippen molar-refractivity contribution < 1.29 is 13.2 Å². The highest BCUT2D eigenvalue weighted by molar-refractivity contribution is 7.89. The van der Waals surface area contributed by atoms with Crippen molar-refractivity contribution >= 4 is 15.9 Å². The van der Waals surface area contributed by atoms with Gasteiger partial charge in [-0.25, -0.2) is 13.6 Å². The summed E-state index contributed by atoms with van der Waals surface area (Å²) in [4.78, 5) is 12.3. The van der Waals surface area contributed by atoms with E-state index in [4.69, 9.17) is 5.14 Å².